The van der Waals surface area contributed by atoms with Crippen LogP contribution < -0.4 is 15.4 Å². The molecule has 0 atom stereocenters. The molecule has 162 valence electrons. The summed E-state index contributed by atoms with van der Waals surface area (Å²) in [5, 5.41) is 6.66. The number of para-hydroxylation sites is 1. The van der Waals surface area contributed by atoms with Crippen molar-refractivity contribution in [1.29, 1.82) is 0 Å². The van der Waals surface area contributed by atoms with Crippen LogP contribution in [0.5, 0.6) is 5.75 Å². The predicted octanol–water partition coefficient (Wildman–Crippen LogP) is 4.98. The zero-order valence-corrected chi connectivity index (χ0v) is 18.3. The average Bonchev–Trinajstić information content (AvgIpc) is 3.15. The van der Waals surface area contributed by atoms with Gasteiger partial charge in [-0.3, -0.25) is 9.59 Å². The van der Waals surface area contributed by atoms with Crippen LogP contribution in [-0.4, -0.2) is 23.9 Å². The van der Waals surface area contributed by atoms with Crippen molar-refractivity contribution in [2.24, 2.45) is 0 Å². The summed E-state index contributed by atoms with van der Waals surface area (Å²) in [6, 6.07) is 20.7. The second-order valence-electron chi connectivity index (χ2n) is 7.74. The molecule has 0 unspecified atom stereocenters. The molecule has 0 saturated carbocycles. The van der Waals surface area contributed by atoms with E-state index in [0.29, 0.717) is 29.2 Å². The van der Waals surface area contributed by atoms with E-state index in [0.717, 1.165) is 27.6 Å². The lowest BCUT2D eigenvalue weighted by Gasteiger charge is -2.11. The van der Waals surface area contributed by atoms with Gasteiger partial charge in [0.2, 0.25) is 0 Å². The Kier molecular flexibility index (Phi) is 5.94. The van der Waals surface area contributed by atoms with Crippen molar-refractivity contribution in [3.63, 3.8) is 0 Å². The van der Waals surface area contributed by atoms with Gasteiger partial charge in [0, 0.05) is 28.6 Å². The summed E-state index contributed by atoms with van der Waals surface area (Å²) in [4.78, 5) is 29.3. The SMILES string of the molecule is COc1ccccc1CNC(=O)c1[nH]c2ccc(C)cc2c1NC(=O)c1cccc(C)c1. The fourth-order valence-corrected chi connectivity index (χ4v) is 3.69. The lowest BCUT2D eigenvalue weighted by Crippen LogP contribution is -2.25. The maximum Gasteiger partial charge on any atom is 0.270 e. The molecule has 1 aromatic heterocycles. The zero-order chi connectivity index (χ0) is 22.7. The topological polar surface area (TPSA) is 83.2 Å². The van der Waals surface area contributed by atoms with E-state index in [4.69, 9.17) is 4.74 Å². The van der Waals surface area contributed by atoms with Gasteiger partial charge >= 0.3 is 0 Å². The highest BCUT2D eigenvalue weighted by molar-refractivity contribution is 6.15. The number of anilines is 1. The summed E-state index contributed by atoms with van der Waals surface area (Å²) in [6.45, 7) is 4.20. The molecule has 6 nitrogen and oxygen atoms in total. The van der Waals surface area contributed by atoms with Crippen LogP contribution in [0.25, 0.3) is 10.9 Å². The third-order valence-electron chi connectivity index (χ3n) is 5.33. The molecule has 6 heteroatoms. The van der Waals surface area contributed by atoms with Crippen molar-refractivity contribution in [3.05, 3.63) is 94.7 Å². The monoisotopic (exact) mass is 427 g/mol. The fourth-order valence-electron chi connectivity index (χ4n) is 3.69. The van der Waals surface area contributed by atoms with Gasteiger partial charge < -0.3 is 20.4 Å². The normalized spacial score (nSPS) is 10.7. The van der Waals surface area contributed by atoms with Crippen LogP contribution in [0.3, 0.4) is 0 Å². The molecule has 4 aromatic rings. The highest BCUT2D eigenvalue weighted by atomic mass is 16.5. The van der Waals surface area contributed by atoms with Crippen molar-refractivity contribution in [1.82, 2.24) is 10.3 Å². The van der Waals surface area contributed by atoms with E-state index in [1.54, 1.807) is 13.2 Å². The number of amides is 2. The Morgan fingerprint density at radius 2 is 1.69 bits per heavy atom. The molecule has 0 spiro atoms. The summed E-state index contributed by atoms with van der Waals surface area (Å²) in [5.41, 5.74) is 4.96. The number of H-pyrrole nitrogens is 1. The molecule has 0 aliphatic rings. The van der Waals surface area contributed by atoms with Gasteiger partial charge in [-0.05, 0) is 44.2 Å². The Hall–Kier alpha value is -4.06. The van der Waals surface area contributed by atoms with Crippen LogP contribution in [0.2, 0.25) is 0 Å². The second kappa shape index (κ2) is 8.98. The molecule has 0 radical (unpaired) electrons. The average molecular weight is 428 g/mol. The van der Waals surface area contributed by atoms with Crippen LogP contribution in [0, 0.1) is 13.8 Å². The number of rotatable bonds is 6. The van der Waals surface area contributed by atoms with Gasteiger partial charge in [-0.1, -0.05) is 47.5 Å². The number of methoxy groups -OCH3 is 1. The van der Waals surface area contributed by atoms with Gasteiger partial charge in [0.05, 0.1) is 12.8 Å². The molecule has 2 amide bonds. The first-order valence-electron chi connectivity index (χ1n) is 10.4. The van der Waals surface area contributed by atoms with E-state index in [2.05, 4.69) is 15.6 Å². The third-order valence-corrected chi connectivity index (χ3v) is 5.33. The number of hydrogen-bond acceptors (Lipinski definition) is 3. The van der Waals surface area contributed by atoms with Crippen LogP contribution in [0.15, 0.2) is 66.7 Å². The molecule has 0 bridgehead atoms. The molecule has 4 rings (SSSR count). The van der Waals surface area contributed by atoms with Crippen molar-refractivity contribution in [3.8, 4) is 5.75 Å². The molecule has 1 heterocycles. The summed E-state index contributed by atoms with van der Waals surface area (Å²) >= 11 is 0. The van der Waals surface area contributed by atoms with E-state index in [-0.39, 0.29) is 11.8 Å². The maximum absolute atomic E-state index is 13.1. The molecular weight excluding hydrogens is 402 g/mol. The Bertz CT molecular complexity index is 1310. The van der Waals surface area contributed by atoms with Crippen LogP contribution in [0.1, 0.15) is 37.5 Å². The van der Waals surface area contributed by atoms with E-state index in [9.17, 15) is 9.59 Å². The largest absolute Gasteiger partial charge is 0.496 e. The number of aromatic amines is 1. The molecule has 3 aromatic carbocycles. The number of hydrogen-bond donors (Lipinski definition) is 3. The van der Waals surface area contributed by atoms with E-state index in [1.165, 1.54) is 0 Å². The number of aromatic nitrogens is 1. The molecule has 0 saturated heterocycles. The Morgan fingerprint density at radius 1 is 0.906 bits per heavy atom. The number of aryl methyl sites for hydroxylation is 2. The molecule has 0 aliphatic heterocycles. The minimum atomic E-state index is -0.315. The first-order chi connectivity index (χ1) is 15.5. The number of benzene rings is 3. The Labute approximate surface area is 186 Å². The van der Waals surface area contributed by atoms with Crippen LogP contribution in [0.4, 0.5) is 5.69 Å². The minimum Gasteiger partial charge on any atom is -0.496 e. The number of fused-ring (bicyclic) bond motifs is 1. The lowest BCUT2D eigenvalue weighted by atomic mass is 10.1. The molecular formula is C26H25N3O3. The van der Waals surface area contributed by atoms with Gasteiger partial charge in [-0.25, -0.2) is 0 Å². The van der Waals surface area contributed by atoms with E-state index >= 15 is 0 Å². The third kappa shape index (κ3) is 4.34. The maximum atomic E-state index is 13.1. The Balaban J connectivity index is 1.66. The van der Waals surface area contributed by atoms with Crippen molar-refractivity contribution in [2.45, 2.75) is 20.4 Å². The fraction of sp³-hybridized carbons (Fsp3) is 0.154. The first kappa shape index (κ1) is 21.2. The van der Waals surface area contributed by atoms with Crippen molar-refractivity contribution in [2.75, 3.05) is 12.4 Å². The highest BCUT2D eigenvalue weighted by Crippen LogP contribution is 2.29. The zero-order valence-electron chi connectivity index (χ0n) is 18.3. The molecule has 3 N–H and O–H groups in total. The minimum absolute atomic E-state index is 0.269. The molecule has 0 fully saturated rings. The quantitative estimate of drug-likeness (QED) is 0.406. The molecule has 0 aliphatic carbocycles. The van der Waals surface area contributed by atoms with Crippen molar-refractivity contribution < 1.29 is 14.3 Å². The van der Waals surface area contributed by atoms with Gasteiger partial charge in [-0.15, -0.1) is 0 Å². The van der Waals surface area contributed by atoms with Gasteiger partial charge in [0.1, 0.15) is 11.4 Å². The second-order valence-corrected chi connectivity index (χ2v) is 7.74. The summed E-state index contributed by atoms with van der Waals surface area (Å²) in [6.07, 6.45) is 0. The van der Waals surface area contributed by atoms with Crippen molar-refractivity contribution >= 4 is 28.4 Å². The standard InChI is InChI=1S/C26H25N3O3/c1-16-7-6-9-18(13-16)25(30)29-23-20-14-17(2)11-12-21(20)28-24(23)26(31)27-15-19-8-4-5-10-22(19)32-3/h4-14,28H,15H2,1-3H3,(H,27,31)(H,29,30). The number of carbonyl (C=O) groups is 2. The lowest BCUT2D eigenvalue weighted by molar-refractivity contribution is 0.0947. The Morgan fingerprint density at radius 3 is 2.47 bits per heavy atom. The van der Waals surface area contributed by atoms with E-state index < -0.39 is 0 Å². The van der Waals surface area contributed by atoms with Crippen LogP contribution >= 0.6 is 0 Å². The number of carbonyl (C=O) groups excluding carboxylic acids is 2. The van der Waals surface area contributed by atoms with Gasteiger partial charge in [0.25, 0.3) is 11.8 Å². The number of nitrogens with one attached hydrogen (secondary N) is 3. The van der Waals surface area contributed by atoms with Crippen LogP contribution in [-0.2, 0) is 6.54 Å². The van der Waals surface area contributed by atoms with Gasteiger partial charge in [0.15, 0.2) is 0 Å². The highest BCUT2D eigenvalue weighted by Gasteiger charge is 2.21. The summed E-state index contributed by atoms with van der Waals surface area (Å²) in [5.74, 6) is 0.118. The summed E-state index contributed by atoms with van der Waals surface area (Å²) in [7, 11) is 1.60. The number of ether oxygens (including phenoxy) is 1. The molecule has 32 heavy (non-hydrogen) atoms. The predicted molar refractivity (Wildman–Crippen MR) is 126 cm³/mol. The summed E-state index contributed by atoms with van der Waals surface area (Å²) < 4.78 is 5.36. The smallest absolute Gasteiger partial charge is 0.270 e. The first-order valence-corrected chi connectivity index (χ1v) is 10.4. The van der Waals surface area contributed by atoms with E-state index in [1.807, 2.05) is 74.5 Å². The van der Waals surface area contributed by atoms with Gasteiger partial charge in [-0.2, -0.15) is 0 Å².